The third kappa shape index (κ3) is 3.40. The fourth-order valence-corrected chi connectivity index (χ4v) is 3.82. The van der Waals surface area contributed by atoms with Crippen LogP contribution in [-0.4, -0.2) is 16.8 Å². The Morgan fingerprint density at radius 1 is 0.933 bits per heavy atom. The molecule has 1 heterocycles. The van der Waals surface area contributed by atoms with Gasteiger partial charge in [-0.3, -0.25) is 14.5 Å². The first kappa shape index (κ1) is 19.9. The first-order valence-electron chi connectivity index (χ1n) is 9.57. The van der Waals surface area contributed by atoms with Crippen LogP contribution in [0.25, 0.3) is 5.76 Å². The summed E-state index contributed by atoms with van der Waals surface area (Å²) in [5.74, 6) is -1.61. The molecule has 30 heavy (non-hydrogen) atoms. The number of rotatable bonds is 3. The topological polar surface area (TPSA) is 57.6 Å². The van der Waals surface area contributed by atoms with E-state index in [1.807, 2.05) is 44.2 Å². The van der Waals surface area contributed by atoms with E-state index in [0.717, 1.165) is 16.7 Å². The summed E-state index contributed by atoms with van der Waals surface area (Å²) in [6, 6.07) is 20.8. The van der Waals surface area contributed by atoms with Crippen LogP contribution in [0, 0.1) is 13.8 Å². The Balaban J connectivity index is 1.95. The van der Waals surface area contributed by atoms with Gasteiger partial charge in [0.05, 0.1) is 11.6 Å². The van der Waals surface area contributed by atoms with Crippen molar-refractivity contribution in [3.63, 3.8) is 0 Å². The molecule has 0 spiro atoms. The van der Waals surface area contributed by atoms with Crippen LogP contribution >= 0.6 is 11.6 Å². The van der Waals surface area contributed by atoms with Gasteiger partial charge in [0, 0.05) is 16.3 Å². The van der Waals surface area contributed by atoms with E-state index in [4.69, 9.17) is 11.6 Å². The third-order valence-corrected chi connectivity index (χ3v) is 5.73. The van der Waals surface area contributed by atoms with Crippen molar-refractivity contribution >= 4 is 34.7 Å². The van der Waals surface area contributed by atoms with Gasteiger partial charge in [-0.2, -0.15) is 0 Å². The summed E-state index contributed by atoms with van der Waals surface area (Å²) in [5.41, 5.74) is 3.70. The molecule has 1 N–H and O–H groups in total. The second kappa shape index (κ2) is 7.81. The van der Waals surface area contributed by atoms with E-state index < -0.39 is 17.7 Å². The van der Waals surface area contributed by atoms with Crippen LogP contribution in [0.4, 0.5) is 5.69 Å². The SMILES string of the molecule is Cc1ccc(C2C(=C(O)c3ccccc3)C(=O)C(=O)N2c2ccc(C)c(Cl)c2)cc1. The van der Waals surface area contributed by atoms with Crippen molar-refractivity contribution in [2.45, 2.75) is 19.9 Å². The molecule has 1 atom stereocenters. The smallest absolute Gasteiger partial charge is 0.300 e. The normalized spacial score (nSPS) is 18.1. The van der Waals surface area contributed by atoms with E-state index in [1.165, 1.54) is 4.90 Å². The van der Waals surface area contributed by atoms with E-state index >= 15 is 0 Å². The molecule has 3 aromatic carbocycles. The highest BCUT2D eigenvalue weighted by Crippen LogP contribution is 2.42. The second-order valence-corrected chi connectivity index (χ2v) is 7.79. The van der Waals surface area contributed by atoms with Crippen LogP contribution in [0.2, 0.25) is 5.02 Å². The number of carbonyl (C=O) groups excluding carboxylic acids is 2. The van der Waals surface area contributed by atoms with E-state index in [9.17, 15) is 14.7 Å². The van der Waals surface area contributed by atoms with Crippen molar-refractivity contribution in [2.75, 3.05) is 4.90 Å². The number of anilines is 1. The lowest BCUT2D eigenvalue weighted by atomic mass is 9.94. The number of ketones is 1. The number of hydrogen-bond donors (Lipinski definition) is 1. The van der Waals surface area contributed by atoms with Crippen molar-refractivity contribution in [1.29, 1.82) is 0 Å². The van der Waals surface area contributed by atoms with Gasteiger partial charge in [-0.05, 0) is 37.1 Å². The van der Waals surface area contributed by atoms with Gasteiger partial charge in [-0.1, -0.05) is 77.8 Å². The largest absolute Gasteiger partial charge is 0.507 e. The van der Waals surface area contributed by atoms with Crippen LogP contribution in [0.15, 0.2) is 78.4 Å². The van der Waals surface area contributed by atoms with Crippen LogP contribution in [0.5, 0.6) is 0 Å². The molecule has 1 aliphatic rings. The van der Waals surface area contributed by atoms with E-state index in [-0.39, 0.29) is 11.3 Å². The lowest BCUT2D eigenvalue weighted by Gasteiger charge is -2.26. The Morgan fingerprint density at radius 3 is 2.23 bits per heavy atom. The molecule has 4 rings (SSSR count). The summed E-state index contributed by atoms with van der Waals surface area (Å²) in [6.07, 6.45) is 0. The maximum absolute atomic E-state index is 13.1. The average Bonchev–Trinajstić information content (AvgIpc) is 3.01. The van der Waals surface area contributed by atoms with Gasteiger partial charge in [0.25, 0.3) is 11.7 Å². The third-order valence-electron chi connectivity index (χ3n) is 5.32. The number of Topliss-reactive ketones (excluding diaryl/α,β-unsaturated/α-hetero) is 1. The Bertz CT molecular complexity index is 1170. The number of aliphatic hydroxyl groups is 1. The van der Waals surface area contributed by atoms with Crippen LogP contribution in [-0.2, 0) is 9.59 Å². The standard InChI is InChI=1S/C25H20ClNO3/c1-15-8-11-17(12-9-15)22-21(23(28)18-6-4-3-5-7-18)24(29)25(30)27(22)19-13-10-16(2)20(26)14-19/h3-14,22,28H,1-2H3. The van der Waals surface area contributed by atoms with Crippen molar-refractivity contribution in [3.05, 3.63) is 106 Å². The lowest BCUT2D eigenvalue weighted by molar-refractivity contribution is -0.132. The van der Waals surface area contributed by atoms with Gasteiger partial charge in [0.15, 0.2) is 0 Å². The Kier molecular flexibility index (Phi) is 5.18. The maximum atomic E-state index is 13.1. The molecule has 0 bridgehead atoms. The van der Waals surface area contributed by atoms with E-state index in [2.05, 4.69) is 0 Å². The minimum atomic E-state index is -0.760. The van der Waals surface area contributed by atoms with Crippen molar-refractivity contribution < 1.29 is 14.7 Å². The van der Waals surface area contributed by atoms with Gasteiger partial charge in [0.2, 0.25) is 0 Å². The molecular weight excluding hydrogens is 398 g/mol. The van der Waals surface area contributed by atoms with E-state index in [0.29, 0.717) is 16.3 Å². The van der Waals surface area contributed by atoms with Crippen molar-refractivity contribution in [3.8, 4) is 0 Å². The molecule has 1 saturated heterocycles. The molecule has 1 amide bonds. The first-order valence-corrected chi connectivity index (χ1v) is 9.95. The van der Waals surface area contributed by atoms with Gasteiger partial charge in [0.1, 0.15) is 5.76 Å². The van der Waals surface area contributed by atoms with Crippen molar-refractivity contribution in [2.24, 2.45) is 0 Å². The molecule has 4 nitrogen and oxygen atoms in total. The number of aryl methyl sites for hydroxylation is 2. The maximum Gasteiger partial charge on any atom is 0.300 e. The summed E-state index contributed by atoms with van der Waals surface area (Å²) < 4.78 is 0. The molecule has 3 aromatic rings. The van der Waals surface area contributed by atoms with Crippen LogP contribution in [0.3, 0.4) is 0 Å². The average molecular weight is 418 g/mol. The highest BCUT2D eigenvalue weighted by molar-refractivity contribution is 6.51. The summed E-state index contributed by atoms with van der Waals surface area (Å²) >= 11 is 6.30. The summed E-state index contributed by atoms with van der Waals surface area (Å²) in [4.78, 5) is 27.6. The number of halogens is 1. The highest BCUT2D eigenvalue weighted by atomic mass is 35.5. The quantitative estimate of drug-likeness (QED) is 0.343. The molecule has 1 aliphatic heterocycles. The molecule has 0 aliphatic carbocycles. The lowest BCUT2D eigenvalue weighted by Crippen LogP contribution is -2.29. The Labute approximate surface area is 180 Å². The minimum Gasteiger partial charge on any atom is -0.507 e. The number of hydrogen-bond acceptors (Lipinski definition) is 3. The fourth-order valence-electron chi connectivity index (χ4n) is 3.65. The zero-order valence-corrected chi connectivity index (χ0v) is 17.4. The second-order valence-electron chi connectivity index (χ2n) is 7.38. The summed E-state index contributed by atoms with van der Waals surface area (Å²) in [7, 11) is 0. The molecule has 150 valence electrons. The van der Waals surface area contributed by atoms with Crippen LogP contribution < -0.4 is 4.90 Å². The highest BCUT2D eigenvalue weighted by Gasteiger charge is 2.47. The summed E-state index contributed by atoms with van der Waals surface area (Å²) in [6.45, 7) is 3.83. The number of amides is 1. The summed E-state index contributed by atoms with van der Waals surface area (Å²) in [5, 5.41) is 11.5. The van der Waals surface area contributed by atoms with Crippen LogP contribution in [0.1, 0.15) is 28.3 Å². The van der Waals surface area contributed by atoms with Gasteiger partial charge in [-0.15, -0.1) is 0 Å². The molecule has 0 aromatic heterocycles. The molecule has 0 saturated carbocycles. The first-order chi connectivity index (χ1) is 14.4. The minimum absolute atomic E-state index is 0.0618. The number of carbonyl (C=O) groups is 2. The number of nitrogens with zero attached hydrogens (tertiary/aromatic N) is 1. The fraction of sp³-hybridized carbons (Fsp3) is 0.120. The predicted molar refractivity (Wildman–Crippen MR) is 119 cm³/mol. The van der Waals surface area contributed by atoms with Gasteiger partial charge in [-0.25, -0.2) is 0 Å². The van der Waals surface area contributed by atoms with Gasteiger partial charge >= 0.3 is 0 Å². The van der Waals surface area contributed by atoms with Crippen molar-refractivity contribution in [1.82, 2.24) is 0 Å². The zero-order chi connectivity index (χ0) is 21.4. The monoisotopic (exact) mass is 417 g/mol. The Morgan fingerprint density at radius 2 is 1.60 bits per heavy atom. The molecule has 0 radical (unpaired) electrons. The number of benzene rings is 3. The Hall–Kier alpha value is -3.37. The predicted octanol–water partition coefficient (Wildman–Crippen LogP) is 5.58. The molecule has 5 heteroatoms. The van der Waals surface area contributed by atoms with Gasteiger partial charge < -0.3 is 5.11 Å². The molecule has 1 fully saturated rings. The zero-order valence-electron chi connectivity index (χ0n) is 16.6. The number of aliphatic hydroxyl groups excluding tert-OH is 1. The molecule has 1 unspecified atom stereocenters. The van der Waals surface area contributed by atoms with E-state index in [1.54, 1.807) is 42.5 Å². The molecular formula is C25H20ClNO3.